The minimum absolute atomic E-state index is 0. The summed E-state index contributed by atoms with van der Waals surface area (Å²) in [7, 11) is 0. The fourth-order valence-corrected chi connectivity index (χ4v) is 2.58. The third-order valence-corrected chi connectivity index (χ3v) is 3.36. The van der Waals surface area contributed by atoms with Gasteiger partial charge in [-0.2, -0.15) is 27.0 Å². The molecule has 1 saturated carbocycles. The number of carbonyl (C=O) groups is 1. The summed E-state index contributed by atoms with van der Waals surface area (Å²) in [5, 5.41) is 3.13. The molecule has 0 aromatic heterocycles. The van der Waals surface area contributed by atoms with Crippen LogP contribution in [-0.2, 0) is 4.79 Å². The van der Waals surface area contributed by atoms with E-state index in [2.05, 4.69) is 19.2 Å². The molecule has 1 amide bonds. The fourth-order valence-electron chi connectivity index (χ4n) is 2.58. The van der Waals surface area contributed by atoms with Gasteiger partial charge in [0.05, 0.1) is 0 Å². The second kappa shape index (κ2) is 4.79. The van der Waals surface area contributed by atoms with Gasteiger partial charge in [0.1, 0.15) is 0 Å². The zero-order valence-electron chi connectivity index (χ0n) is 8.89. The first-order valence-electron chi connectivity index (χ1n) is 4.90. The zero-order chi connectivity index (χ0) is 8.77. The van der Waals surface area contributed by atoms with Crippen molar-refractivity contribution in [2.24, 2.45) is 11.3 Å². The van der Waals surface area contributed by atoms with Gasteiger partial charge in [-0.3, -0.25) is 4.79 Å². The Labute approximate surface area is 100 Å². The van der Waals surface area contributed by atoms with Crippen LogP contribution in [-0.4, -0.2) is 11.9 Å². The maximum absolute atomic E-state index is 11.5. The molecule has 0 radical (unpaired) electrons. The van der Waals surface area contributed by atoms with Crippen molar-refractivity contribution in [1.82, 2.24) is 5.32 Å². The molecule has 2 nitrogen and oxygen atoms in total. The standard InChI is InChI=1S/C10H17NO.2H2S/c1-10(2)6-7-4-3-5-8(7)11-9(10)12;;/h7-8H,3-6H2,1-2H3,(H,11,12);2*1H2/t7-,8+;;/m0../s1. The van der Waals surface area contributed by atoms with Crippen LogP contribution >= 0.6 is 27.0 Å². The molecule has 0 spiro atoms. The van der Waals surface area contributed by atoms with E-state index >= 15 is 0 Å². The number of hydrogen-bond donors (Lipinski definition) is 1. The molecule has 2 atom stereocenters. The Bertz CT molecular complexity index is 218. The predicted octanol–water partition coefficient (Wildman–Crippen LogP) is 1.93. The molecule has 2 rings (SSSR count). The van der Waals surface area contributed by atoms with E-state index in [4.69, 9.17) is 0 Å². The van der Waals surface area contributed by atoms with Gasteiger partial charge in [-0.25, -0.2) is 0 Å². The van der Waals surface area contributed by atoms with Gasteiger partial charge in [0.15, 0.2) is 0 Å². The lowest BCUT2D eigenvalue weighted by molar-refractivity contribution is -0.134. The lowest BCUT2D eigenvalue weighted by Crippen LogP contribution is -2.51. The Morgan fingerprint density at radius 1 is 1.29 bits per heavy atom. The summed E-state index contributed by atoms with van der Waals surface area (Å²) in [6.07, 6.45) is 4.90. The first kappa shape index (κ1) is 14.2. The molecule has 84 valence electrons. The van der Waals surface area contributed by atoms with E-state index in [-0.39, 0.29) is 38.3 Å². The average molecular weight is 235 g/mol. The number of amides is 1. The number of nitrogens with one attached hydrogen (secondary N) is 1. The van der Waals surface area contributed by atoms with Crippen molar-refractivity contribution in [2.45, 2.75) is 45.6 Å². The third-order valence-electron chi connectivity index (χ3n) is 3.36. The molecule has 1 saturated heterocycles. The molecule has 1 aliphatic heterocycles. The molecule has 2 fully saturated rings. The van der Waals surface area contributed by atoms with Crippen LogP contribution in [0.5, 0.6) is 0 Å². The van der Waals surface area contributed by atoms with Gasteiger partial charge in [-0.15, -0.1) is 0 Å². The van der Waals surface area contributed by atoms with E-state index in [9.17, 15) is 4.79 Å². The monoisotopic (exact) mass is 235 g/mol. The number of carbonyl (C=O) groups excluding carboxylic acids is 1. The first-order valence-corrected chi connectivity index (χ1v) is 4.90. The van der Waals surface area contributed by atoms with Crippen LogP contribution in [0, 0.1) is 11.3 Å². The minimum atomic E-state index is -0.120. The van der Waals surface area contributed by atoms with E-state index in [0.29, 0.717) is 6.04 Å². The highest BCUT2D eigenvalue weighted by atomic mass is 32.1. The predicted molar refractivity (Wildman–Crippen MR) is 68.4 cm³/mol. The minimum Gasteiger partial charge on any atom is -0.353 e. The van der Waals surface area contributed by atoms with Crippen molar-refractivity contribution in [2.75, 3.05) is 0 Å². The summed E-state index contributed by atoms with van der Waals surface area (Å²) >= 11 is 0. The van der Waals surface area contributed by atoms with E-state index < -0.39 is 0 Å². The average Bonchev–Trinajstić information content (AvgIpc) is 2.35. The van der Waals surface area contributed by atoms with Gasteiger partial charge in [0, 0.05) is 11.5 Å². The zero-order valence-corrected chi connectivity index (χ0v) is 10.9. The SMILES string of the molecule is CC1(C)C[C@@H]2CCC[C@H]2NC1=O.S.S. The first-order chi connectivity index (χ1) is 5.59. The maximum atomic E-state index is 11.5. The van der Waals surface area contributed by atoms with E-state index in [1.54, 1.807) is 0 Å². The van der Waals surface area contributed by atoms with Crippen LogP contribution < -0.4 is 5.32 Å². The molecule has 0 aromatic carbocycles. The Hall–Kier alpha value is 0.170. The fraction of sp³-hybridized carbons (Fsp3) is 0.900. The normalized spacial score (nSPS) is 33.4. The molecule has 0 bridgehead atoms. The van der Waals surface area contributed by atoms with Crippen LogP contribution in [0.25, 0.3) is 0 Å². The van der Waals surface area contributed by atoms with Crippen LogP contribution in [0.2, 0.25) is 0 Å². The Morgan fingerprint density at radius 2 is 1.93 bits per heavy atom. The van der Waals surface area contributed by atoms with Gasteiger partial charge in [-0.1, -0.05) is 20.3 Å². The Balaban J connectivity index is 0.000000845. The van der Waals surface area contributed by atoms with Gasteiger partial charge >= 0.3 is 0 Å². The second-order valence-electron chi connectivity index (χ2n) is 4.86. The highest BCUT2D eigenvalue weighted by Gasteiger charge is 2.42. The quantitative estimate of drug-likeness (QED) is 0.683. The van der Waals surface area contributed by atoms with E-state index in [0.717, 1.165) is 12.3 Å². The molecular formula is C10H21NOS2. The molecule has 2 aliphatic rings. The maximum Gasteiger partial charge on any atom is 0.225 e. The van der Waals surface area contributed by atoms with Gasteiger partial charge in [-0.05, 0) is 25.2 Å². The van der Waals surface area contributed by atoms with Crippen molar-refractivity contribution >= 4 is 32.9 Å². The highest BCUT2D eigenvalue weighted by Crippen LogP contribution is 2.39. The van der Waals surface area contributed by atoms with E-state index in [1.165, 1.54) is 19.3 Å². The molecule has 1 N–H and O–H groups in total. The summed E-state index contributed by atoms with van der Waals surface area (Å²) in [4.78, 5) is 11.5. The molecule has 14 heavy (non-hydrogen) atoms. The van der Waals surface area contributed by atoms with Gasteiger partial charge in [0.2, 0.25) is 5.91 Å². The van der Waals surface area contributed by atoms with Crippen molar-refractivity contribution in [3.8, 4) is 0 Å². The van der Waals surface area contributed by atoms with Crippen LogP contribution in [0.15, 0.2) is 0 Å². The van der Waals surface area contributed by atoms with E-state index in [1.807, 2.05) is 0 Å². The third kappa shape index (κ3) is 2.40. The highest BCUT2D eigenvalue weighted by molar-refractivity contribution is 7.59. The lowest BCUT2D eigenvalue weighted by atomic mass is 9.76. The molecule has 1 aliphatic carbocycles. The van der Waals surface area contributed by atoms with Crippen molar-refractivity contribution in [1.29, 1.82) is 0 Å². The van der Waals surface area contributed by atoms with Gasteiger partial charge < -0.3 is 5.32 Å². The summed E-state index contributed by atoms with van der Waals surface area (Å²) in [5.74, 6) is 1.02. The lowest BCUT2D eigenvalue weighted by Gasteiger charge is -2.37. The number of piperidine rings is 1. The Morgan fingerprint density at radius 3 is 2.57 bits per heavy atom. The number of hydrogen-bond acceptors (Lipinski definition) is 1. The topological polar surface area (TPSA) is 29.1 Å². The van der Waals surface area contributed by atoms with Crippen LogP contribution in [0.3, 0.4) is 0 Å². The second-order valence-corrected chi connectivity index (χ2v) is 4.86. The molecule has 0 unspecified atom stereocenters. The van der Waals surface area contributed by atoms with Crippen LogP contribution in [0.4, 0.5) is 0 Å². The number of fused-ring (bicyclic) bond motifs is 1. The summed E-state index contributed by atoms with van der Waals surface area (Å²) in [6, 6.07) is 0.505. The van der Waals surface area contributed by atoms with Crippen molar-refractivity contribution in [3.05, 3.63) is 0 Å². The van der Waals surface area contributed by atoms with Gasteiger partial charge in [0.25, 0.3) is 0 Å². The summed E-state index contributed by atoms with van der Waals surface area (Å²) in [5.41, 5.74) is -0.120. The Kier molecular flexibility index (Phi) is 4.85. The van der Waals surface area contributed by atoms with Crippen molar-refractivity contribution < 1.29 is 4.79 Å². The summed E-state index contributed by atoms with van der Waals surface area (Å²) < 4.78 is 0. The van der Waals surface area contributed by atoms with Crippen LogP contribution in [0.1, 0.15) is 39.5 Å². The molecule has 1 heterocycles. The molecule has 4 heteroatoms. The van der Waals surface area contributed by atoms with Crippen molar-refractivity contribution in [3.63, 3.8) is 0 Å². The molecule has 0 aromatic rings. The largest absolute Gasteiger partial charge is 0.353 e. The number of rotatable bonds is 0. The smallest absolute Gasteiger partial charge is 0.225 e. The molecular weight excluding hydrogens is 214 g/mol. The summed E-state index contributed by atoms with van der Waals surface area (Å²) in [6.45, 7) is 4.10.